The Morgan fingerprint density at radius 3 is 2.56 bits per heavy atom. The van der Waals surface area contributed by atoms with E-state index in [0.29, 0.717) is 0 Å². The second-order valence-electron chi connectivity index (χ2n) is 4.48. The molecule has 0 amide bonds. The van der Waals surface area contributed by atoms with Crippen molar-refractivity contribution in [1.29, 1.82) is 0 Å². The number of hydrogen-bond acceptors (Lipinski definition) is 0. The van der Waals surface area contributed by atoms with E-state index < -0.39 is 0 Å². The molecule has 0 fully saturated rings. The predicted octanol–water partition coefficient (Wildman–Crippen LogP) is 4.40. The molecule has 1 aromatic heterocycles. The maximum absolute atomic E-state index is 3.77. The molecule has 1 N–H and O–H groups in total. The van der Waals surface area contributed by atoms with Crippen LogP contribution in [0, 0.1) is 0 Å². The summed E-state index contributed by atoms with van der Waals surface area (Å²) in [5.74, 6) is 0. The standard InChI is InChI=1S/C17H15N/c1-2-13-7-9-14(10-8-13)11-17-16-6-4-3-5-15(16)12-18-17/h2-10,12,18H,1,11H2. The van der Waals surface area contributed by atoms with Crippen LogP contribution in [0.15, 0.2) is 61.3 Å². The van der Waals surface area contributed by atoms with Gasteiger partial charge in [-0.05, 0) is 16.5 Å². The zero-order chi connectivity index (χ0) is 12.4. The first-order valence-corrected chi connectivity index (χ1v) is 6.13. The van der Waals surface area contributed by atoms with Crippen LogP contribution in [0.2, 0.25) is 0 Å². The molecule has 3 aromatic rings. The number of aromatic amines is 1. The molecule has 1 heterocycles. The van der Waals surface area contributed by atoms with Crippen LogP contribution in [0.25, 0.3) is 16.8 Å². The van der Waals surface area contributed by atoms with E-state index in [1.165, 1.54) is 22.0 Å². The van der Waals surface area contributed by atoms with E-state index in [0.717, 1.165) is 12.0 Å². The van der Waals surface area contributed by atoms with Crippen LogP contribution in [0.5, 0.6) is 0 Å². The van der Waals surface area contributed by atoms with Gasteiger partial charge in [0.15, 0.2) is 0 Å². The van der Waals surface area contributed by atoms with Crippen molar-refractivity contribution in [3.63, 3.8) is 0 Å². The smallest absolute Gasteiger partial charge is 0.0271 e. The van der Waals surface area contributed by atoms with Crippen LogP contribution in [-0.2, 0) is 6.42 Å². The van der Waals surface area contributed by atoms with Gasteiger partial charge in [0.05, 0.1) is 0 Å². The first kappa shape index (κ1) is 10.8. The summed E-state index contributed by atoms with van der Waals surface area (Å²) in [4.78, 5) is 3.37. The molecular weight excluding hydrogens is 218 g/mol. The fraction of sp³-hybridized carbons (Fsp3) is 0.0588. The van der Waals surface area contributed by atoms with Crippen LogP contribution in [0.4, 0.5) is 0 Å². The number of rotatable bonds is 3. The van der Waals surface area contributed by atoms with E-state index in [2.05, 4.69) is 66.3 Å². The Labute approximate surface area is 107 Å². The zero-order valence-electron chi connectivity index (χ0n) is 10.2. The molecule has 0 aliphatic rings. The van der Waals surface area contributed by atoms with Gasteiger partial charge in [-0.1, -0.05) is 61.2 Å². The normalized spacial score (nSPS) is 10.7. The number of benzene rings is 2. The maximum atomic E-state index is 3.77. The Morgan fingerprint density at radius 1 is 1.00 bits per heavy atom. The highest BCUT2D eigenvalue weighted by molar-refractivity contribution is 5.85. The SMILES string of the molecule is C=Cc1ccc(Cc2[nH]cc3ccccc23)cc1. The lowest BCUT2D eigenvalue weighted by Gasteiger charge is -2.01. The summed E-state index contributed by atoms with van der Waals surface area (Å²) < 4.78 is 0. The Balaban J connectivity index is 1.93. The summed E-state index contributed by atoms with van der Waals surface area (Å²) in [6.07, 6.45) is 4.88. The van der Waals surface area contributed by atoms with Crippen molar-refractivity contribution >= 4 is 16.8 Å². The van der Waals surface area contributed by atoms with E-state index in [-0.39, 0.29) is 0 Å². The van der Waals surface area contributed by atoms with Gasteiger partial charge >= 0.3 is 0 Å². The monoisotopic (exact) mass is 233 g/mol. The second-order valence-corrected chi connectivity index (χ2v) is 4.48. The van der Waals surface area contributed by atoms with Gasteiger partial charge in [-0.2, -0.15) is 0 Å². The van der Waals surface area contributed by atoms with Crippen molar-refractivity contribution in [2.75, 3.05) is 0 Å². The Hall–Kier alpha value is -2.28. The predicted molar refractivity (Wildman–Crippen MR) is 77.6 cm³/mol. The lowest BCUT2D eigenvalue weighted by atomic mass is 10.0. The summed E-state index contributed by atoms with van der Waals surface area (Å²) >= 11 is 0. The minimum absolute atomic E-state index is 0.935. The molecule has 1 nitrogen and oxygen atoms in total. The van der Waals surface area contributed by atoms with E-state index in [1.807, 2.05) is 6.08 Å². The third-order valence-corrected chi connectivity index (χ3v) is 3.28. The number of nitrogens with one attached hydrogen (secondary N) is 1. The van der Waals surface area contributed by atoms with Crippen molar-refractivity contribution in [3.8, 4) is 0 Å². The number of hydrogen-bond donors (Lipinski definition) is 1. The van der Waals surface area contributed by atoms with Crippen molar-refractivity contribution in [2.24, 2.45) is 0 Å². The zero-order valence-corrected chi connectivity index (χ0v) is 10.2. The van der Waals surface area contributed by atoms with Crippen molar-refractivity contribution in [2.45, 2.75) is 6.42 Å². The third kappa shape index (κ3) is 1.95. The highest BCUT2D eigenvalue weighted by atomic mass is 14.7. The summed E-state index contributed by atoms with van der Waals surface area (Å²) in [6.45, 7) is 3.77. The maximum Gasteiger partial charge on any atom is 0.0271 e. The molecule has 2 aromatic carbocycles. The highest BCUT2D eigenvalue weighted by Gasteiger charge is 2.03. The van der Waals surface area contributed by atoms with Crippen molar-refractivity contribution in [3.05, 3.63) is 78.1 Å². The topological polar surface area (TPSA) is 15.8 Å². The van der Waals surface area contributed by atoms with Crippen molar-refractivity contribution < 1.29 is 0 Å². The fourth-order valence-corrected chi connectivity index (χ4v) is 2.26. The van der Waals surface area contributed by atoms with Gasteiger partial charge in [0.1, 0.15) is 0 Å². The largest absolute Gasteiger partial charge is 0.364 e. The lowest BCUT2D eigenvalue weighted by molar-refractivity contribution is 1.12. The number of H-pyrrole nitrogens is 1. The van der Waals surface area contributed by atoms with Gasteiger partial charge < -0.3 is 4.98 Å². The van der Waals surface area contributed by atoms with Gasteiger partial charge in [-0.25, -0.2) is 0 Å². The molecule has 0 atom stereocenters. The van der Waals surface area contributed by atoms with E-state index in [1.54, 1.807) is 0 Å². The summed E-state index contributed by atoms with van der Waals surface area (Å²) in [6, 6.07) is 17.0. The van der Waals surface area contributed by atoms with E-state index in [4.69, 9.17) is 0 Å². The molecule has 0 aliphatic carbocycles. The first-order valence-electron chi connectivity index (χ1n) is 6.13. The minimum Gasteiger partial charge on any atom is -0.364 e. The van der Waals surface area contributed by atoms with Gasteiger partial charge in [-0.3, -0.25) is 0 Å². The highest BCUT2D eigenvalue weighted by Crippen LogP contribution is 2.20. The van der Waals surface area contributed by atoms with Crippen LogP contribution in [0.1, 0.15) is 16.8 Å². The summed E-state index contributed by atoms with van der Waals surface area (Å²) in [7, 11) is 0. The molecule has 0 unspecified atom stereocenters. The van der Waals surface area contributed by atoms with Gasteiger partial charge in [-0.15, -0.1) is 0 Å². The Morgan fingerprint density at radius 2 is 1.78 bits per heavy atom. The number of aromatic nitrogens is 1. The van der Waals surface area contributed by atoms with Crippen LogP contribution in [0.3, 0.4) is 0 Å². The molecule has 0 bridgehead atoms. The molecule has 0 spiro atoms. The summed E-state index contributed by atoms with van der Waals surface area (Å²) in [5.41, 5.74) is 3.75. The molecule has 3 rings (SSSR count). The third-order valence-electron chi connectivity index (χ3n) is 3.28. The molecule has 88 valence electrons. The van der Waals surface area contributed by atoms with Gasteiger partial charge in [0, 0.05) is 23.7 Å². The Bertz CT molecular complexity index is 674. The second kappa shape index (κ2) is 4.53. The minimum atomic E-state index is 0.935. The average Bonchev–Trinajstić information content (AvgIpc) is 2.83. The lowest BCUT2D eigenvalue weighted by Crippen LogP contribution is -1.88. The van der Waals surface area contributed by atoms with E-state index in [9.17, 15) is 0 Å². The Kier molecular flexibility index (Phi) is 2.73. The fourth-order valence-electron chi connectivity index (χ4n) is 2.26. The molecule has 0 saturated carbocycles. The molecule has 18 heavy (non-hydrogen) atoms. The molecular formula is C17H15N. The molecule has 0 aliphatic heterocycles. The molecule has 1 heteroatoms. The van der Waals surface area contributed by atoms with Crippen LogP contribution in [-0.4, -0.2) is 4.98 Å². The first-order chi connectivity index (χ1) is 8.86. The van der Waals surface area contributed by atoms with Gasteiger partial charge in [0.25, 0.3) is 0 Å². The van der Waals surface area contributed by atoms with Gasteiger partial charge in [0.2, 0.25) is 0 Å². The quantitative estimate of drug-likeness (QED) is 0.690. The van der Waals surface area contributed by atoms with E-state index >= 15 is 0 Å². The van der Waals surface area contributed by atoms with Crippen LogP contribution >= 0.6 is 0 Å². The molecule has 0 saturated heterocycles. The van der Waals surface area contributed by atoms with Crippen molar-refractivity contribution in [1.82, 2.24) is 4.98 Å². The van der Waals surface area contributed by atoms with Crippen LogP contribution < -0.4 is 0 Å². The number of fused-ring (bicyclic) bond motifs is 1. The summed E-state index contributed by atoms with van der Waals surface area (Å²) in [5, 5.41) is 2.58. The molecule has 0 radical (unpaired) electrons. The average molecular weight is 233 g/mol.